The lowest BCUT2D eigenvalue weighted by molar-refractivity contribution is 0.128. The highest BCUT2D eigenvalue weighted by atomic mass is 16.5. The highest BCUT2D eigenvalue weighted by Gasteiger charge is 1.95. The second kappa shape index (κ2) is 3.82. The predicted octanol–water partition coefficient (Wildman–Crippen LogP) is -0.00970. The van der Waals surface area contributed by atoms with Crippen LogP contribution in [0.3, 0.4) is 0 Å². The van der Waals surface area contributed by atoms with Gasteiger partial charge in [-0.1, -0.05) is 0 Å². The summed E-state index contributed by atoms with van der Waals surface area (Å²) in [5.41, 5.74) is 5.31. The zero-order valence-electron chi connectivity index (χ0n) is 6.32. The van der Waals surface area contributed by atoms with E-state index in [4.69, 9.17) is 10.5 Å². The molecule has 0 saturated carbocycles. The van der Waals surface area contributed by atoms with Gasteiger partial charge in [0.25, 0.3) is 0 Å². The predicted molar refractivity (Wildman–Crippen MR) is 39.6 cm³/mol. The first-order chi connectivity index (χ1) is 5.33. The molecule has 0 atom stereocenters. The molecular formula is C6H10N4O. The summed E-state index contributed by atoms with van der Waals surface area (Å²) in [7, 11) is 0. The average molecular weight is 154 g/mol. The lowest BCUT2D eigenvalue weighted by atomic mass is 10.6. The third-order valence-corrected chi connectivity index (χ3v) is 1.08. The summed E-state index contributed by atoms with van der Waals surface area (Å²) in [5.74, 6) is 0.800. The maximum atomic E-state index is 5.31. The van der Waals surface area contributed by atoms with Crippen LogP contribution < -0.4 is 5.73 Å². The number of ether oxygens (including phenoxy) is 1. The van der Waals surface area contributed by atoms with Gasteiger partial charge in [0.05, 0.1) is 0 Å². The first-order valence-electron chi connectivity index (χ1n) is 3.34. The summed E-state index contributed by atoms with van der Waals surface area (Å²) in [6.45, 7) is 2.94. The Morgan fingerprint density at radius 2 is 2.36 bits per heavy atom. The Labute approximate surface area is 64.6 Å². The SMILES string of the molecule is CCOCc1ncnc(N)n1. The van der Waals surface area contributed by atoms with Gasteiger partial charge in [0, 0.05) is 6.61 Å². The van der Waals surface area contributed by atoms with Crippen LogP contribution in [-0.2, 0) is 11.3 Å². The van der Waals surface area contributed by atoms with Crippen LogP contribution in [0, 0.1) is 0 Å². The third kappa shape index (κ3) is 2.46. The fraction of sp³-hybridized carbons (Fsp3) is 0.500. The molecule has 0 amide bonds. The molecule has 0 aliphatic rings. The molecule has 60 valence electrons. The Bertz CT molecular complexity index is 228. The van der Waals surface area contributed by atoms with Crippen molar-refractivity contribution in [1.82, 2.24) is 15.0 Å². The van der Waals surface area contributed by atoms with E-state index in [0.717, 1.165) is 0 Å². The molecule has 0 radical (unpaired) electrons. The van der Waals surface area contributed by atoms with Crippen molar-refractivity contribution >= 4 is 5.95 Å². The number of hydrogen-bond acceptors (Lipinski definition) is 5. The zero-order chi connectivity index (χ0) is 8.10. The summed E-state index contributed by atoms with van der Waals surface area (Å²) < 4.78 is 5.07. The minimum Gasteiger partial charge on any atom is -0.374 e. The first-order valence-corrected chi connectivity index (χ1v) is 3.34. The van der Waals surface area contributed by atoms with Crippen LogP contribution in [0.25, 0.3) is 0 Å². The molecular weight excluding hydrogens is 144 g/mol. The maximum absolute atomic E-state index is 5.31. The molecule has 11 heavy (non-hydrogen) atoms. The Balaban J connectivity index is 2.56. The molecule has 5 nitrogen and oxygen atoms in total. The van der Waals surface area contributed by atoms with Crippen molar-refractivity contribution < 1.29 is 4.74 Å². The molecule has 0 aliphatic carbocycles. The summed E-state index contributed by atoms with van der Waals surface area (Å²) in [5, 5.41) is 0. The number of aromatic nitrogens is 3. The molecule has 0 unspecified atom stereocenters. The van der Waals surface area contributed by atoms with E-state index >= 15 is 0 Å². The normalized spacial score (nSPS) is 9.91. The van der Waals surface area contributed by atoms with Crippen LogP contribution in [-0.4, -0.2) is 21.6 Å². The molecule has 0 saturated heterocycles. The van der Waals surface area contributed by atoms with Crippen LogP contribution >= 0.6 is 0 Å². The van der Waals surface area contributed by atoms with Gasteiger partial charge in [0.1, 0.15) is 12.9 Å². The number of nitrogen functional groups attached to an aromatic ring is 1. The van der Waals surface area contributed by atoms with Gasteiger partial charge < -0.3 is 10.5 Å². The van der Waals surface area contributed by atoms with E-state index in [1.807, 2.05) is 6.92 Å². The number of nitrogens with two attached hydrogens (primary N) is 1. The summed E-state index contributed by atoms with van der Waals surface area (Å²) in [6.07, 6.45) is 1.37. The second-order valence-electron chi connectivity index (χ2n) is 1.90. The fourth-order valence-corrected chi connectivity index (χ4v) is 0.608. The molecule has 0 aromatic carbocycles. The smallest absolute Gasteiger partial charge is 0.223 e. The van der Waals surface area contributed by atoms with Crippen LogP contribution in [0.5, 0.6) is 0 Å². The molecule has 1 heterocycles. The zero-order valence-corrected chi connectivity index (χ0v) is 6.32. The van der Waals surface area contributed by atoms with Crippen LogP contribution in [0.4, 0.5) is 5.95 Å². The first kappa shape index (κ1) is 7.87. The Morgan fingerprint density at radius 3 is 3.00 bits per heavy atom. The van der Waals surface area contributed by atoms with Crippen molar-refractivity contribution in [3.05, 3.63) is 12.2 Å². The van der Waals surface area contributed by atoms with Crippen molar-refractivity contribution in [2.75, 3.05) is 12.3 Å². The monoisotopic (exact) mass is 154 g/mol. The van der Waals surface area contributed by atoms with Crippen molar-refractivity contribution in [2.24, 2.45) is 0 Å². The number of anilines is 1. The minimum absolute atomic E-state index is 0.231. The van der Waals surface area contributed by atoms with Crippen molar-refractivity contribution in [3.63, 3.8) is 0 Å². The van der Waals surface area contributed by atoms with Crippen molar-refractivity contribution in [1.29, 1.82) is 0 Å². The van der Waals surface area contributed by atoms with E-state index in [2.05, 4.69) is 15.0 Å². The quantitative estimate of drug-likeness (QED) is 0.662. The second-order valence-corrected chi connectivity index (χ2v) is 1.90. The van der Waals surface area contributed by atoms with E-state index in [0.29, 0.717) is 19.0 Å². The van der Waals surface area contributed by atoms with Gasteiger partial charge in [-0.3, -0.25) is 0 Å². The number of hydrogen-bond donors (Lipinski definition) is 1. The number of nitrogens with zero attached hydrogens (tertiary/aromatic N) is 3. The summed E-state index contributed by atoms with van der Waals surface area (Å²) in [6, 6.07) is 0. The standard InChI is InChI=1S/C6H10N4O/c1-2-11-3-5-8-4-9-6(7)10-5/h4H,2-3H2,1H3,(H2,7,8,9,10). The minimum atomic E-state index is 0.231. The third-order valence-electron chi connectivity index (χ3n) is 1.08. The van der Waals surface area contributed by atoms with Gasteiger partial charge in [0.2, 0.25) is 5.95 Å². The van der Waals surface area contributed by atoms with E-state index in [1.165, 1.54) is 6.33 Å². The highest BCUT2D eigenvalue weighted by molar-refractivity contribution is 5.11. The lowest BCUT2D eigenvalue weighted by Crippen LogP contribution is -2.03. The largest absolute Gasteiger partial charge is 0.374 e. The molecule has 1 aromatic heterocycles. The van der Waals surface area contributed by atoms with Gasteiger partial charge in [-0.05, 0) is 6.92 Å². The molecule has 2 N–H and O–H groups in total. The Hall–Kier alpha value is -1.23. The topological polar surface area (TPSA) is 73.9 Å². The van der Waals surface area contributed by atoms with Gasteiger partial charge in [0.15, 0.2) is 5.82 Å². The van der Waals surface area contributed by atoms with Crippen LogP contribution in [0.2, 0.25) is 0 Å². The molecule has 1 rings (SSSR count). The van der Waals surface area contributed by atoms with Crippen molar-refractivity contribution in [3.8, 4) is 0 Å². The van der Waals surface area contributed by atoms with E-state index in [9.17, 15) is 0 Å². The summed E-state index contributed by atoms with van der Waals surface area (Å²) in [4.78, 5) is 11.3. The highest BCUT2D eigenvalue weighted by Crippen LogP contribution is 1.93. The average Bonchev–Trinajstić information content (AvgIpc) is 2.01. The van der Waals surface area contributed by atoms with E-state index in [1.54, 1.807) is 0 Å². The van der Waals surface area contributed by atoms with Gasteiger partial charge in [-0.2, -0.15) is 4.98 Å². The molecule has 0 bridgehead atoms. The van der Waals surface area contributed by atoms with E-state index in [-0.39, 0.29) is 5.95 Å². The lowest BCUT2D eigenvalue weighted by Gasteiger charge is -1.98. The molecule has 1 aromatic rings. The Kier molecular flexibility index (Phi) is 2.74. The van der Waals surface area contributed by atoms with Crippen molar-refractivity contribution in [2.45, 2.75) is 13.5 Å². The van der Waals surface area contributed by atoms with Gasteiger partial charge >= 0.3 is 0 Å². The molecule has 0 aliphatic heterocycles. The molecule has 0 spiro atoms. The van der Waals surface area contributed by atoms with Gasteiger partial charge in [-0.15, -0.1) is 0 Å². The maximum Gasteiger partial charge on any atom is 0.223 e. The van der Waals surface area contributed by atoms with Crippen LogP contribution in [0.1, 0.15) is 12.7 Å². The molecule has 0 fully saturated rings. The molecule has 5 heteroatoms. The van der Waals surface area contributed by atoms with Gasteiger partial charge in [-0.25, -0.2) is 9.97 Å². The number of rotatable bonds is 3. The Morgan fingerprint density at radius 1 is 1.55 bits per heavy atom. The fourth-order valence-electron chi connectivity index (χ4n) is 0.608. The van der Waals surface area contributed by atoms with Crippen LogP contribution in [0.15, 0.2) is 6.33 Å². The summed E-state index contributed by atoms with van der Waals surface area (Å²) >= 11 is 0. The van der Waals surface area contributed by atoms with E-state index < -0.39 is 0 Å².